The number of hydrogen-bond donors (Lipinski definition) is 0. The quantitative estimate of drug-likeness (QED) is 0.663. The second kappa shape index (κ2) is 6.38. The van der Waals surface area contributed by atoms with Gasteiger partial charge in [0.05, 0.1) is 5.56 Å². The Morgan fingerprint density at radius 2 is 2.00 bits per heavy atom. The van der Waals surface area contributed by atoms with Gasteiger partial charge in [0.1, 0.15) is 12.6 Å². The number of amides is 1. The standard InChI is InChI=1S/C20H16BrN3O/c21-17-5-6-19-18(9-17)16(10-22)12-24(19)13-20(25)23-8-7-14-3-1-2-4-15(14)11-23/h1-6,9,12H,7-8,11,13H2. The van der Waals surface area contributed by atoms with Crippen LogP contribution >= 0.6 is 15.9 Å². The van der Waals surface area contributed by atoms with Crippen LogP contribution in [0.5, 0.6) is 0 Å². The van der Waals surface area contributed by atoms with Gasteiger partial charge in [-0.1, -0.05) is 40.2 Å². The average Bonchev–Trinajstić information content (AvgIpc) is 2.98. The van der Waals surface area contributed by atoms with Crippen molar-refractivity contribution in [2.24, 2.45) is 0 Å². The third-order valence-electron chi connectivity index (χ3n) is 4.75. The average molecular weight is 394 g/mol. The molecule has 4 nitrogen and oxygen atoms in total. The van der Waals surface area contributed by atoms with Gasteiger partial charge in [-0.3, -0.25) is 4.79 Å². The van der Waals surface area contributed by atoms with Gasteiger partial charge in [0.25, 0.3) is 0 Å². The van der Waals surface area contributed by atoms with Gasteiger partial charge in [-0.2, -0.15) is 5.26 Å². The van der Waals surface area contributed by atoms with Gasteiger partial charge in [-0.15, -0.1) is 0 Å². The number of hydrogen-bond acceptors (Lipinski definition) is 2. The zero-order valence-corrected chi connectivity index (χ0v) is 15.2. The van der Waals surface area contributed by atoms with Crippen LogP contribution in [0.4, 0.5) is 0 Å². The van der Waals surface area contributed by atoms with E-state index in [-0.39, 0.29) is 12.5 Å². The summed E-state index contributed by atoms with van der Waals surface area (Å²) in [7, 11) is 0. The van der Waals surface area contributed by atoms with E-state index >= 15 is 0 Å². The van der Waals surface area contributed by atoms with E-state index in [0.29, 0.717) is 12.1 Å². The molecule has 3 aromatic rings. The van der Waals surface area contributed by atoms with E-state index in [1.807, 2.05) is 39.8 Å². The predicted octanol–water partition coefficient (Wildman–Crippen LogP) is 3.86. The Hall–Kier alpha value is -2.58. The summed E-state index contributed by atoms with van der Waals surface area (Å²) in [5.74, 6) is 0.0822. The summed E-state index contributed by atoms with van der Waals surface area (Å²) in [5.41, 5.74) is 4.05. The van der Waals surface area contributed by atoms with Gasteiger partial charge in [-0.05, 0) is 35.7 Å². The lowest BCUT2D eigenvalue weighted by Gasteiger charge is -2.29. The zero-order valence-electron chi connectivity index (χ0n) is 13.6. The summed E-state index contributed by atoms with van der Waals surface area (Å²) < 4.78 is 2.80. The monoisotopic (exact) mass is 393 g/mol. The van der Waals surface area contributed by atoms with Crippen LogP contribution in [0.15, 0.2) is 53.1 Å². The number of nitriles is 1. The van der Waals surface area contributed by atoms with Crippen LogP contribution < -0.4 is 0 Å². The highest BCUT2D eigenvalue weighted by Crippen LogP contribution is 2.25. The van der Waals surface area contributed by atoms with Crippen molar-refractivity contribution in [3.8, 4) is 6.07 Å². The number of carbonyl (C=O) groups is 1. The van der Waals surface area contributed by atoms with Crippen LogP contribution in [0.3, 0.4) is 0 Å². The highest BCUT2D eigenvalue weighted by atomic mass is 79.9. The van der Waals surface area contributed by atoms with E-state index < -0.39 is 0 Å². The van der Waals surface area contributed by atoms with E-state index in [2.05, 4.69) is 34.1 Å². The number of carbonyl (C=O) groups excluding carboxylic acids is 1. The second-order valence-electron chi connectivity index (χ2n) is 6.28. The van der Waals surface area contributed by atoms with Crippen molar-refractivity contribution in [2.75, 3.05) is 6.54 Å². The normalized spacial score (nSPS) is 13.5. The number of nitrogens with zero attached hydrogens (tertiary/aromatic N) is 3. The highest BCUT2D eigenvalue weighted by Gasteiger charge is 2.21. The maximum atomic E-state index is 12.8. The van der Waals surface area contributed by atoms with Gasteiger partial charge in [-0.25, -0.2) is 0 Å². The molecule has 0 saturated heterocycles. The van der Waals surface area contributed by atoms with Crippen molar-refractivity contribution in [1.29, 1.82) is 5.26 Å². The Labute approximate surface area is 154 Å². The Morgan fingerprint density at radius 3 is 2.80 bits per heavy atom. The van der Waals surface area contributed by atoms with Crippen molar-refractivity contribution < 1.29 is 4.79 Å². The first kappa shape index (κ1) is 15.9. The maximum absolute atomic E-state index is 12.8. The molecule has 2 heterocycles. The summed E-state index contributed by atoms with van der Waals surface area (Å²) in [6.45, 7) is 1.65. The molecule has 124 valence electrons. The third-order valence-corrected chi connectivity index (χ3v) is 5.25. The fourth-order valence-corrected chi connectivity index (χ4v) is 3.80. The minimum Gasteiger partial charge on any atom is -0.337 e. The van der Waals surface area contributed by atoms with E-state index in [4.69, 9.17) is 0 Å². The van der Waals surface area contributed by atoms with Crippen molar-refractivity contribution in [2.45, 2.75) is 19.5 Å². The largest absolute Gasteiger partial charge is 0.337 e. The summed E-state index contributed by atoms with van der Waals surface area (Å²) in [6, 6.07) is 16.3. The number of rotatable bonds is 2. The molecule has 0 saturated carbocycles. The Bertz CT molecular complexity index is 1020. The Morgan fingerprint density at radius 1 is 1.20 bits per heavy atom. The molecule has 0 unspecified atom stereocenters. The first-order chi connectivity index (χ1) is 12.2. The van der Waals surface area contributed by atoms with Crippen molar-refractivity contribution in [1.82, 2.24) is 9.47 Å². The molecule has 2 aromatic carbocycles. The highest BCUT2D eigenvalue weighted by molar-refractivity contribution is 9.10. The van der Waals surface area contributed by atoms with Crippen LogP contribution in [0.25, 0.3) is 10.9 Å². The number of aromatic nitrogens is 1. The molecule has 0 radical (unpaired) electrons. The predicted molar refractivity (Wildman–Crippen MR) is 99.9 cm³/mol. The van der Waals surface area contributed by atoms with Crippen LogP contribution in [0, 0.1) is 11.3 Å². The van der Waals surface area contributed by atoms with Gasteiger partial charge in [0.2, 0.25) is 5.91 Å². The van der Waals surface area contributed by atoms with E-state index in [1.54, 1.807) is 6.20 Å². The van der Waals surface area contributed by atoms with E-state index in [0.717, 1.165) is 28.3 Å². The van der Waals surface area contributed by atoms with Gasteiger partial charge in [0.15, 0.2) is 0 Å². The van der Waals surface area contributed by atoms with Gasteiger partial charge in [0, 0.05) is 34.7 Å². The molecule has 0 fully saturated rings. The molecule has 4 rings (SSSR count). The molecule has 1 aromatic heterocycles. The minimum absolute atomic E-state index is 0.0822. The van der Waals surface area contributed by atoms with Crippen molar-refractivity contribution in [3.05, 3.63) is 69.8 Å². The third kappa shape index (κ3) is 2.94. The summed E-state index contributed by atoms with van der Waals surface area (Å²) in [6.07, 6.45) is 2.66. The molecule has 0 spiro atoms. The lowest BCUT2D eigenvalue weighted by atomic mass is 10.00. The van der Waals surface area contributed by atoms with Crippen molar-refractivity contribution >= 4 is 32.7 Å². The lowest BCUT2D eigenvalue weighted by molar-refractivity contribution is -0.132. The first-order valence-corrected chi connectivity index (χ1v) is 8.98. The fraction of sp³-hybridized carbons (Fsp3) is 0.200. The van der Waals surface area contributed by atoms with E-state index in [9.17, 15) is 10.1 Å². The molecule has 1 aliphatic rings. The van der Waals surface area contributed by atoms with Crippen LogP contribution in [-0.2, 0) is 24.3 Å². The smallest absolute Gasteiger partial charge is 0.242 e. The maximum Gasteiger partial charge on any atom is 0.242 e. The van der Waals surface area contributed by atoms with Crippen LogP contribution in [-0.4, -0.2) is 21.9 Å². The van der Waals surface area contributed by atoms with Crippen LogP contribution in [0.1, 0.15) is 16.7 Å². The zero-order chi connectivity index (χ0) is 17.4. The molecule has 0 aliphatic carbocycles. The molecule has 1 aliphatic heterocycles. The molecule has 1 amide bonds. The molecule has 0 N–H and O–H groups in total. The van der Waals surface area contributed by atoms with Crippen LogP contribution in [0.2, 0.25) is 0 Å². The molecule has 0 bridgehead atoms. The number of halogens is 1. The van der Waals surface area contributed by atoms with E-state index in [1.165, 1.54) is 11.1 Å². The molecule has 25 heavy (non-hydrogen) atoms. The van der Waals surface area contributed by atoms with Gasteiger partial charge >= 0.3 is 0 Å². The Balaban J connectivity index is 1.60. The fourth-order valence-electron chi connectivity index (χ4n) is 3.44. The molecule has 5 heteroatoms. The lowest BCUT2D eigenvalue weighted by Crippen LogP contribution is -2.37. The summed E-state index contributed by atoms with van der Waals surface area (Å²) in [5, 5.41) is 10.2. The SMILES string of the molecule is N#Cc1cn(CC(=O)N2CCc3ccccc3C2)c2ccc(Br)cc12. The second-order valence-corrected chi connectivity index (χ2v) is 7.19. The number of benzene rings is 2. The minimum atomic E-state index is 0.0822. The summed E-state index contributed by atoms with van der Waals surface area (Å²) >= 11 is 3.44. The first-order valence-electron chi connectivity index (χ1n) is 8.19. The summed E-state index contributed by atoms with van der Waals surface area (Å²) in [4.78, 5) is 14.7. The van der Waals surface area contributed by atoms with Crippen molar-refractivity contribution in [3.63, 3.8) is 0 Å². The van der Waals surface area contributed by atoms with Gasteiger partial charge < -0.3 is 9.47 Å². The molecular weight excluding hydrogens is 378 g/mol. The Kier molecular flexibility index (Phi) is 4.06. The number of fused-ring (bicyclic) bond motifs is 2. The molecule has 0 atom stereocenters. The molecular formula is C20H16BrN3O. The topological polar surface area (TPSA) is 49.0 Å².